The van der Waals surface area contributed by atoms with Crippen LogP contribution in [-0.4, -0.2) is 4.98 Å². The molecule has 0 aliphatic rings. The highest BCUT2D eigenvalue weighted by molar-refractivity contribution is 5.11. The Hall–Kier alpha value is -0.890. The van der Waals surface area contributed by atoms with E-state index >= 15 is 0 Å². The molecule has 2 N–H and O–H groups in total. The van der Waals surface area contributed by atoms with Crippen molar-refractivity contribution < 1.29 is 8.22 Å². The van der Waals surface area contributed by atoms with Crippen molar-refractivity contribution in [3.63, 3.8) is 0 Å². The number of hydrogen-bond donors (Lipinski definition) is 1. The summed E-state index contributed by atoms with van der Waals surface area (Å²) in [5.74, 6) is 0. The summed E-state index contributed by atoms with van der Waals surface area (Å²) in [6, 6.07) is -0.810. The van der Waals surface area contributed by atoms with Crippen LogP contribution >= 0.6 is 0 Å². The van der Waals surface area contributed by atoms with Crippen molar-refractivity contribution in [2.75, 3.05) is 0 Å². The molecule has 1 heterocycles. The maximum Gasteiger partial charge on any atom is 0.0843 e. The van der Waals surface area contributed by atoms with E-state index in [-0.39, 0.29) is 18.3 Å². The molecule has 0 unspecified atom stereocenters. The lowest BCUT2D eigenvalue weighted by Gasteiger charge is -1.93. The highest BCUT2D eigenvalue weighted by atomic mass is 14.7. The summed E-state index contributed by atoms with van der Waals surface area (Å²) >= 11 is 0. The van der Waals surface area contributed by atoms with E-state index in [0.717, 1.165) is 0 Å². The second-order valence-electron chi connectivity index (χ2n) is 1.50. The van der Waals surface area contributed by atoms with Crippen LogP contribution in [0.4, 0.5) is 0 Å². The third-order valence-corrected chi connectivity index (χ3v) is 0.828. The zero-order valence-corrected chi connectivity index (χ0v) is 4.73. The van der Waals surface area contributed by atoms with Crippen molar-refractivity contribution in [2.24, 2.45) is 5.73 Å². The van der Waals surface area contributed by atoms with Gasteiger partial charge in [-0.1, -0.05) is 6.04 Å². The van der Waals surface area contributed by atoms with Gasteiger partial charge in [-0.25, -0.2) is 0 Å². The fourth-order valence-corrected chi connectivity index (χ4v) is 0.411. The summed E-state index contributed by atoms with van der Waals surface area (Å²) in [5.41, 5.74) is 4.83. The summed E-state index contributed by atoms with van der Waals surface area (Å²) in [6.07, 6.45) is -0.503. The molecule has 0 fully saturated rings. The smallest absolute Gasteiger partial charge is 0.0843 e. The summed E-state index contributed by atoms with van der Waals surface area (Å²) in [4.78, 5) is 3.59. The fourth-order valence-electron chi connectivity index (χ4n) is 0.411. The number of nitrogens with two attached hydrogens (primary N) is 1. The Labute approximate surface area is 63.2 Å². The molecule has 1 aromatic rings. The number of pyridine rings is 1. The molecule has 0 aromatic carbocycles. The standard InChI is InChI=1S/C7H10N2/c1-6-2-3-7(4-8)9-5-6/h2-3,5H,4,8H2,1H3/i1D3,2D,3D,5D. The van der Waals surface area contributed by atoms with Crippen LogP contribution < -0.4 is 5.73 Å². The Kier molecular flexibility index (Phi) is 0.594. The number of rotatable bonds is 1. The van der Waals surface area contributed by atoms with Crippen LogP contribution in [0.25, 0.3) is 0 Å². The Bertz CT molecular complexity index is 386. The molecule has 0 bridgehead atoms. The van der Waals surface area contributed by atoms with Gasteiger partial charge in [-0.05, 0) is 18.5 Å². The Balaban J connectivity index is 3.50. The number of aromatic nitrogens is 1. The molecule has 0 spiro atoms. The second-order valence-corrected chi connectivity index (χ2v) is 1.50. The van der Waals surface area contributed by atoms with E-state index in [1.54, 1.807) is 0 Å². The highest BCUT2D eigenvalue weighted by Crippen LogP contribution is 1.95. The zero-order valence-electron chi connectivity index (χ0n) is 10.7. The summed E-state index contributed by atoms with van der Waals surface area (Å²) in [6.45, 7) is -2.68. The maximum atomic E-state index is 7.47. The molecule has 0 saturated carbocycles. The van der Waals surface area contributed by atoms with Crippen molar-refractivity contribution >= 4 is 0 Å². The molecule has 48 valence electrons. The van der Waals surface area contributed by atoms with E-state index in [2.05, 4.69) is 4.98 Å². The van der Waals surface area contributed by atoms with E-state index in [4.69, 9.17) is 14.0 Å². The van der Waals surface area contributed by atoms with E-state index in [1.165, 1.54) is 0 Å². The topological polar surface area (TPSA) is 38.9 Å². The first-order valence-corrected chi connectivity index (χ1v) is 2.46. The monoisotopic (exact) mass is 128 g/mol. The molecule has 0 atom stereocenters. The van der Waals surface area contributed by atoms with Crippen molar-refractivity contribution in [1.29, 1.82) is 0 Å². The van der Waals surface area contributed by atoms with Crippen LogP contribution in [0.5, 0.6) is 0 Å². The fraction of sp³-hybridized carbons (Fsp3) is 0.286. The summed E-state index contributed by atoms with van der Waals surface area (Å²) in [5, 5.41) is 0. The third-order valence-electron chi connectivity index (χ3n) is 0.828. The molecule has 0 aliphatic carbocycles. The van der Waals surface area contributed by atoms with Crippen molar-refractivity contribution in [3.8, 4) is 0 Å². The van der Waals surface area contributed by atoms with Gasteiger partial charge in [0.05, 0.1) is 9.81 Å². The zero-order chi connectivity index (χ0) is 11.8. The first-order chi connectivity index (χ1) is 6.79. The maximum absolute atomic E-state index is 7.47. The average molecular weight is 128 g/mol. The SMILES string of the molecule is [2H]c1nc(CN)c([2H])c([2H])c1C([2H])([2H])[2H]. The van der Waals surface area contributed by atoms with E-state index in [9.17, 15) is 0 Å². The lowest BCUT2D eigenvalue weighted by molar-refractivity contribution is 0.984. The van der Waals surface area contributed by atoms with Crippen LogP contribution in [0, 0.1) is 6.85 Å². The van der Waals surface area contributed by atoms with Crippen molar-refractivity contribution in [3.05, 3.63) is 29.5 Å². The van der Waals surface area contributed by atoms with Crippen LogP contribution in [-0.2, 0) is 6.54 Å². The second kappa shape index (κ2) is 2.60. The van der Waals surface area contributed by atoms with E-state index < -0.39 is 24.6 Å². The molecular formula is C7H10N2. The lowest BCUT2D eigenvalue weighted by atomic mass is 10.3. The molecule has 9 heavy (non-hydrogen) atoms. The van der Waals surface area contributed by atoms with Gasteiger partial charge in [-0.2, -0.15) is 0 Å². The van der Waals surface area contributed by atoms with Gasteiger partial charge in [0, 0.05) is 16.8 Å². The van der Waals surface area contributed by atoms with Gasteiger partial charge in [0.1, 0.15) is 0 Å². The van der Waals surface area contributed by atoms with Gasteiger partial charge >= 0.3 is 0 Å². The first-order valence-electron chi connectivity index (χ1n) is 5.46. The van der Waals surface area contributed by atoms with Gasteiger partial charge < -0.3 is 5.73 Å². The molecule has 2 nitrogen and oxygen atoms in total. The summed E-state index contributed by atoms with van der Waals surface area (Å²) in [7, 11) is 0. The molecule has 0 radical (unpaired) electrons. The Morgan fingerprint density at radius 3 is 3.44 bits per heavy atom. The summed E-state index contributed by atoms with van der Waals surface area (Å²) < 4.78 is 43.7. The molecule has 0 amide bonds. The van der Waals surface area contributed by atoms with Crippen molar-refractivity contribution in [2.45, 2.75) is 13.4 Å². The first kappa shape index (κ1) is 2.06. The number of hydrogen-bond acceptors (Lipinski definition) is 2. The molecule has 1 rings (SSSR count). The normalized spacial score (nSPS) is 20.6. The molecule has 0 aliphatic heterocycles. The number of nitrogens with zero attached hydrogens (tertiary/aromatic N) is 1. The highest BCUT2D eigenvalue weighted by Gasteiger charge is 1.86. The Morgan fingerprint density at radius 1 is 1.89 bits per heavy atom. The van der Waals surface area contributed by atoms with Crippen LogP contribution in [0.2, 0.25) is 0 Å². The predicted octanol–water partition coefficient (Wildman–Crippen LogP) is 0.849. The Morgan fingerprint density at radius 2 is 2.78 bits per heavy atom. The van der Waals surface area contributed by atoms with Crippen LogP contribution in [0.3, 0.4) is 0 Å². The van der Waals surface area contributed by atoms with Gasteiger partial charge in [0.2, 0.25) is 0 Å². The van der Waals surface area contributed by atoms with Gasteiger partial charge in [-0.15, -0.1) is 0 Å². The molecule has 1 aromatic heterocycles. The third kappa shape index (κ3) is 1.50. The minimum absolute atomic E-state index is 0.0676. The molecular weight excluding hydrogens is 112 g/mol. The minimum Gasteiger partial charge on any atom is -0.325 e. The van der Waals surface area contributed by atoms with E-state index in [0.29, 0.717) is 0 Å². The predicted molar refractivity (Wildman–Crippen MR) is 36.9 cm³/mol. The van der Waals surface area contributed by atoms with Crippen LogP contribution in [0.1, 0.15) is 19.5 Å². The molecule has 2 heteroatoms. The molecule has 0 saturated heterocycles. The van der Waals surface area contributed by atoms with Crippen LogP contribution in [0.15, 0.2) is 18.3 Å². The quantitative estimate of drug-likeness (QED) is 0.609. The van der Waals surface area contributed by atoms with Crippen molar-refractivity contribution in [1.82, 2.24) is 4.98 Å². The van der Waals surface area contributed by atoms with E-state index in [1.807, 2.05) is 0 Å². The largest absolute Gasteiger partial charge is 0.325 e. The average Bonchev–Trinajstić information content (AvgIpc) is 2.09. The lowest BCUT2D eigenvalue weighted by Crippen LogP contribution is -1.98. The van der Waals surface area contributed by atoms with Gasteiger partial charge in [0.25, 0.3) is 0 Å². The minimum atomic E-state index is -2.59. The van der Waals surface area contributed by atoms with Gasteiger partial charge in [0.15, 0.2) is 0 Å². The van der Waals surface area contributed by atoms with Gasteiger partial charge in [-0.3, -0.25) is 4.98 Å².